The van der Waals surface area contributed by atoms with E-state index in [1.165, 1.54) is 16.8 Å². The maximum Gasteiger partial charge on any atom is 0.328 e. The van der Waals surface area contributed by atoms with Gasteiger partial charge in [-0.15, -0.1) is 0 Å². The fourth-order valence-electron chi connectivity index (χ4n) is 1.68. The third-order valence-electron chi connectivity index (χ3n) is 2.67. The molecule has 3 rings (SSSR count). The van der Waals surface area contributed by atoms with Gasteiger partial charge in [-0.1, -0.05) is 0 Å². The molecule has 0 radical (unpaired) electrons. The van der Waals surface area contributed by atoms with Gasteiger partial charge in [0.15, 0.2) is 0 Å². The molecule has 0 aliphatic carbocycles. The number of halogens is 1. The highest BCUT2D eigenvalue weighted by Gasteiger charge is 2.09. The summed E-state index contributed by atoms with van der Waals surface area (Å²) in [5, 5.41) is 4.00. The maximum atomic E-state index is 13.2. The summed E-state index contributed by atoms with van der Waals surface area (Å²) < 4.78 is 20.1. The first-order chi connectivity index (χ1) is 10.1. The Bertz CT molecular complexity index is 774. The van der Waals surface area contributed by atoms with Crippen molar-refractivity contribution in [3.63, 3.8) is 0 Å². The van der Waals surface area contributed by atoms with E-state index in [1.807, 2.05) is 0 Å². The van der Waals surface area contributed by atoms with Crippen molar-refractivity contribution in [2.24, 2.45) is 0 Å². The molecule has 2 heterocycles. The van der Waals surface area contributed by atoms with Crippen LogP contribution in [-0.2, 0) is 0 Å². The van der Waals surface area contributed by atoms with E-state index < -0.39 is 0 Å². The van der Waals surface area contributed by atoms with Crippen LogP contribution >= 0.6 is 0 Å². The van der Waals surface area contributed by atoms with Crippen LogP contribution in [0.1, 0.15) is 5.56 Å². The lowest BCUT2D eigenvalue weighted by Crippen LogP contribution is -2.07. The van der Waals surface area contributed by atoms with Crippen LogP contribution in [-0.4, -0.2) is 24.7 Å². The summed E-state index contributed by atoms with van der Waals surface area (Å²) >= 11 is 0. The molecule has 0 atom stereocenters. The van der Waals surface area contributed by atoms with E-state index >= 15 is 0 Å². The molecule has 0 aliphatic rings. The van der Waals surface area contributed by atoms with Gasteiger partial charge in [-0.2, -0.15) is 20.1 Å². The lowest BCUT2D eigenvalue weighted by molar-refractivity contribution is 0.436. The van der Waals surface area contributed by atoms with Gasteiger partial charge in [0.25, 0.3) is 5.95 Å². The topological polar surface area (TPSA) is 91.7 Å². The number of nitrogens with zero attached hydrogens (tertiary/aromatic N) is 5. The number of nitrogen functional groups attached to an aromatic ring is 1. The summed E-state index contributed by atoms with van der Waals surface area (Å²) in [5.74, 6) is 0.339. The van der Waals surface area contributed by atoms with Crippen LogP contribution in [0.2, 0.25) is 0 Å². The molecule has 106 valence electrons. The Morgan fingerprint density at radius 1 is 1.24 bits per heavy atom. The lowest BCUT2D eigenvalue weighted by atomic mass is 10.2. The lowest BCUT2D eigenvalue weighted by Gasteiger charge is -2.07. The summed E-state index contributed by atoms with van der Waals surface area (Å²) in [5.41, 5.74) is 6.09. The number of hydrogen-bond donors (Lipinski definition) is 1. The highest BCUT2D eigenvalue weighted by Crippen LogP contribution is 2.21. The SMILES string of the molecule is Cc1cc(Oc2nc(N)nc(-n3cccn3)n2)ccc1F. The third-order valence-corrected chi connectivity index (χ3v) is 2.67. The molecule has 0 aliphatic heterocycles. The van der Waals surface area contributed by atoms with Gasteiger partial charge in [0.05, 0.1) is 0 Å². The van der Waals surface area contributed by atoms with Crippen molar-refractivity contribution in [3.05, 3.63) is 48.0 Å². The van der Waals surface area contributed by atoms with Gasteiger partial charge < -0.3 is 10.5 Å². The monoisotopic (exact) mass is 286 g/mol. The van der Waals surface area contributed by atoms with Crippen LogP contribution in [0.4, 0.5) is 10.3 Å². The average Bonchev–Trinajstić information content (AvgIpc) is 2.96. The molecule has 0 saturated heterocycles. The van der Waals surface area contributed by atoms with E-state index in [4.69, 9.17) is 10.5 Å². The zero-order valence-corrected chi connectivity index (χ0v) is 11.1. The number of benzene rings is 1. The fourth-order valence-corrected chi connectivity index (χ4v) is 1.68. The van der Waals surface area contributed by atoms with Gasteiger partial charge in [0, 0.05) is 12.4 Å². The van der Waals surface area contributed by atoms with Crippen molar-refractivity contribution in [3.8, 4) is 17.7 Å². The van der Waals surface area contributed by atoms with E-state index in [-0.39, 0.29) is 23.7 Å². The molecule has 1 aromatic carbocycles. The molecule has 0 amide bonds. The summed E-state index contributed by atoms with van der Waals surface area (Å²) in [7, 11) is 0. The average molecular weight is 286 g/mol. The molecule has 8 heteroatoms. The summed E-state index contributed by atoms with van der Waals surface area (Å²) in [6, 6.07) is 6.07. The predicted molar refractivity (Wildman–Crippen MR) is 72.6 cm³/mol. The number of aryl methyl sites for hydroxylation is 1. The van der Waals surface area contributed by atoms with Crippen molar-refractivity contribution in [1.82, 2.24) is 24.7 Å². The van der Waals surface area contributed by atoms with E-state index in [9.17, 15) is 4.39 Å². The summed E-state index contributed by atoms with van der Waals surface area (Å²) in [6.45, 7) is 1.64. The molecule has 2 aromatic heterocycles. The fraction of sp³-hybridized carbons (Fsp3) is 0.0769. The first-order valence-electron chi connectivity index (χ1n) is 6.07. The van der Waals surface area contributed by atoms with Crippen LogP contribution in [0, 0.1) is 12.7 Å². The third kappa shape index (κ3) is 2.78. The van der Waals surface area contributed by atoms with Crippen molar-refractivity contribution >= 4 is 5.95 Å². The van der Waals surface area contributed by atoms with Gasteiger partial charge in [-0.3, -0.25) is 0 Å². The zero-order valence-electron chi connectivity index (χ0n) is 11.1. The Hall–Kier alpha value is -3.03. The molecule has 0 saturated carbocycles. The van der Waals surface area contributed by atoms with Crippen molar-refractivity contribution < 1.29 is 9.13 Å². The smallest absolute Gasteiger partial charge is 0.328 e. The zero-order chi connectivity index (χ0) is 14.8. The van der Waals surface area contributed by atoms with E-state index in [0.717, 1.165) is 0 Å². The minimum atomic E-state index is -0.310. The Balaban J connectivity index is 1.93. The number of ether oxygens (including phenoxy) is 1. The Morgan fingerprint density at radius 2 is 2.10 bits per heavy atom. The van der Waals surface area contributed by atoms with Crippen molar-refractivity contribution in [2.45, 2.75) is 6.92 Å². The Kier molecular flexibility index (Phi) is 3.19. The maximum absolute atomic E-state index is 13.2. The number of anilines is 1. The van der Waals surface area contributed by atoms with E-state index in [0.29, 0.717) is 11.3 Å². The number of rotatable bonds is 3. The minimum absolute atomic E-state index is 0.00401. The van der Waals surface area contributed by atoms with Crippen molar-refractivity contribution in [2.75, 3.05) is 5.73 Å². The Morgan fingerprint density at radius 3 is 2.81 bits per heavy atom. The number of aromatic nitrogens is 5. The standard InChI is InChI=1S/C13H11FN6O/c1-8-7-9(3-4-10(8)14)21-13-18-11(15)17-12(19-13)20-6-2-5-16-20/h2-7H,1H3,(H2,15,17,18,19). The van der Waals surface area contributed by atoms with Gasteiger partial charge in [0.2, 0.25) is 5.95 Å². The van der Waals surface area contributed by atoms with Gasteiger partial charge in [0.1, 0.15) is 11.6 Å². The molecule has 0 unspecified atom stereocenters. The van der Waals surface area contributed by atoms with Gasteiger partial charge in [-0.05, 0) is 36.8 Å². The second-order valence-corrected chi connectivity index (χ2v) is 4.24. The van der Waals surface area contributed by atoms with E-state index in [2.05, 4.69) is 20.1 Å². The van der Waals surface area contributed by atoms with Gasteiger partial charge in [-0.25, -0.2) is 9.07 Å². The predicted octanol–water partition coefficient (Wildman–Crippen LogP) is 1.88. The molecule has 21 heavy (non-hydrogen) atoms. The second-order valence-electron chi connectivity index (χ2n) is 4.24. The molecule has 3 aromatic rings. The minimum Gasteiger partial charge on any atom is -0.424 e. The Labute approximate surface area is 119 Å². The molecule has 0 fully saturated rings. The van der Waals surface area contributed by atoms with Crippen LogP contribution in [0.25, 0.3) is 5.95 Å². The first kappa shape index (κ1) is 13.0. The largest absolute Gasteiger partial charge is 0.424 e. The number of nitrogens with two attached hydrogens (primary N) is 1. The van der Waals surface area contributed by atoms with Crippen LogP contribution in [0.3, 0.4) is 0 Å². The molecule has 0 bridgehead atoms. The highest BCUT2D eigenvalue weighted by molar-refractivity contribution is 5.32. The number of hydrogen-bond acceptors (Lipinski definition) is 6. The molecule has 7 nitrogen and oxygen atoms in total. The summed E-state index contributed by atoms with van der Waals surface area (Å²) in [4.78, 5) is 12.0. The molecular weight excluding hydrogens is 275 g/mol. The molecule has 0 spiro atoms. The highest BCUT2D eigenvalue weighted by atomic mass is 19.1. The summed E-state index contributed by atoms with van der Waals surface area (Å²) in [6.07, 6.45) is 3.25. The molecular formula is C13H11FN6O. The molecule has 2 N–H and O–H groups in total. The van der Waals surface area contributed by atoms with Gasteiger partial charge >= 0.3 is 6.01 Å². The quantitative estimate of drug-likeness (QED) is 0.790. The second kappa shape index (κ2) is 5.16. The van der Waals surface area contributed by atoms with Crippen LogP contribution < -0.4 is 10.5 Å². The van der Waals surface area contributed by atoms with E-state index in [1.54, 1.807) is 31.5 Å². The normalized spacial score (nSPS) is 10.6. The van der Waals surface area contributed by atoms with Crippen LogP contribution in [0.15, 0.2) is 36.7 Å². The van der Waals surface area contributed by atoms with Crippen LogP contribution in [0.5, 0.6) is 11.8 Å². The first-order valence-corrected chi connectivity index (χ1v) is 6.07. The van der Waals surface area contributed by atoms with Crippen molar-refractivity contribution in [1.29, 1.82) is 0 Å².